The van der Waals surface area contributed by atoms with E-state index in [0.29, 0.717) is 0 Å². The van der Waals surface area contributed by atoms with Crippen molar-refractivity contribution >= 4 is 11.8 Å². The molecule has 0 bridgehead atoms. The highest BCUT2D eigenvalue weighted by Crippen LogP contribution is 2.36. The topological polar surface area (TPSA) is 44.5 Å². The fourth-order valence-corrected chi connectivity index (χ4v) is 2.78. The van der Waals surface area contributed by atoms with Crippen LogP contribution in [0.15, 0.2) is 18.2 Å². The highest BCUT2D eigenvalue weighted by atomic mass is 32.2. The SMILES string of the molecule is COc1ccc2c(c1)[C@@H](N)CC(CCCSC)O2. The van der Waals surface area contributed by atoms with Crippen LogP contribution in [0.3, 0.4) is 0 Å². The lowest BCUT2D eigenvalue weighted by Gasteiger charge is -2.30. The lowest BCUT2D eigenvalue weighted by Crippen LogP contribution is -2.29. The van der Waals surface area contributed by atoms with Gasteiger partial charge in [0.1, 0.15) is 17.6 Å². The molecular formula is C14H21NO2S. The van der Waals surface area contributed by atoms with E-state index >= 15 is 0 Å². The molecule has 2 rings (SSSR count). The van der Waals surface area contributed by atoms with Gasteiger partial charge < -0.3 is 15.2 Å². The normalized spacial score (nSPS) is 22.2. The number of hydrogen-bond donors (Lipinski definition) is 1. The Kier molecular flexibility index (Phi) is 4.78. The van der Waals surface area contributed by atoms with Gasteiger partial charge in [0, 0.05) is 18.0 Å². The number of fused-ring (bicyclic) bond motifs is 1. The number of hydrogen-bond acceptors (Lipinski definition) is 4. The number of rotatable bonds is 5. The zero-order chi connectivity index (χ0) is 13.0. The summed E-state index contributed by atoms with van der Waals surface area (Å²) in [5.41, 5.74) is 7.29. The van der Waals surface area contributed by atoms with Crippen molar-refractivity contribution in [2.45, 2.75) is 31.4 Å². The van der Waals surface area contributed by atoms with E-state index in [1.165, 1.54) is 12.2 Å². The predicted molar refractivity (Wildman–Crippen MR) is 76.6 cm³/mol. The average Bonchev–Trinajstić information content (AvgIpc) is 2.39. The summed E-state index contributed by atoms with van der Waals surface area (Å²) in [7, 11) is 1.67. The number of thioether (sulfide) groups is 1. The lowest BCUT2D eigenvalue weighted by atomic mass is 9.95. The first-order chi connectivity index (χ1) is 8.74. The molecule has 1 aromatic rings. The molecule has 1 heterocycles. The summed E-state index contributed by atoms with van der Waals surface area (Å²) in [5.74, 6) is 2.95. The molecule has 0 saturated heterocycles. The molecule has 3 nitrogen and oxygen atoms in total. The van der Waals surface area contributed by atoms with Gasteiger partial charge >= 0.3 is 0 Å². The Morgan fingerprint density at radius 1 is 1.50 bits per heavy atom. The molecule has 100 valence electrons. The summed E-state index contributed by atoms with van der Waals surface area (Å²) < 4.78 is 11.2. The van der Waals surface area contributed by atoms with Crippen molar-refractivity contribution < 1.29 is 9.47 Å². The molecule has 2 N–H and O–H groups in total. The average molecular weight is 267 g/mol. The Balaban J connectivity index is 2.04. The van der Waals surface area contributed by atoms with Gasteiger partial charge in [-0.3, -0.25) is 0 Å². The van der Waals surface area contributed by atoms with Crippen LogP contribution in [0.5, 0.6) is 11.5 Å². The van der Waals surface area contributed by atoms with Gasteiger partial charge in [-0.25, -0.2) is 0 Å². The standard InChI is InChI=1S/C14H21NO2S/c1-16-10-5-6-14-12(8-10)13(15)9-11(17-14)4-3-7-18-2/h5-6,8,11,13H,3-4,7,9,15H2,1-2H3/t11?,13-/m0/s1. The van der Waals surface area contributed by atoms with Crippen LogP contribution in [-0.2, 0) is 0 Å². The van der Waals surface area contributed by atoms with E-state index in [9.17, 15) is 0 Å². The molecule has 0 radical (unpaired) electrons. The second-order valence-electron chi connectivity index (χ2n) is 4.62. The smallest absolute Gasteiger partial charge is 0.124 e. The van der Waals surface area contributed by atoms with Crippen molar-refractivity contribution in [3.63, 3.8) is 0 Å². The zero-order valence-electron chi connectivity index (χ0n) is 11.0. The van der Waals surface area contributed by atoms with Crippen LogP contribution < -0.4 is 15.2 Å². The molecule has 0 aliphatic carbocycles. The van der Waals surface area contributed by atoms with E-state index in [0.717, 1.165) is 29.9 Å². The maximum absolute atomic E-state index is 6.22. The molecule has 0 spiro atoms. The number of nitrogens with two attached hydrogens (primary N) is 1. The molecule has 1 aliphatic rings. The van der Waals surface area contributed by atoms with Crippen molar-refractivity contribution in [1.82, 2.24) is 0 Å². The van der Waals surface area contributed by atoms with Crippen molar-refractivity contribution in [2.75, 3.05) is 19.1 Å². The molecular weight excluding hydrogens is 246 g/mol. The van der Waals surface area contributed by atoms with Gasteiger partial charge in [-0.15, -0.1) is 0 Å². The van der Waals surface area contributed by atoms with Gasteiger partial charge in [0.05, 0.1) is 7.11 Å². The number of benzene rings is 1. The zero-order valence-corrected chi connectivity index (χ0v) is 11.8. The molecule has 0 saturated carbocycles. The van der Waals surface area contributed by atoms with Crippen LogP contribution in [0.1, 0.15) is 30.9 Å². The van der Waals surface area contributed by atoms with Crippen molar-refractivity contribution in [1.29, 1.82) is 0 Å². The Bertz CT molecular complexity index is 397. The molecule has 1 aliphatic heterocycles. The van der Waals surface area contributed by atoms with E-state index in [1.807, 2.05) is 30.0 Å². The molecule has 2 atom stereocenters. The largest absolute Gasteiger partial charge is 0.497 e. The van der Waals surface area contributed by atoms with E-state index in [2.05, 4.69) is 6.26 Å². The van der Waals surface area contributed by atoms with Gasteiger partial charge in [0.2, 0.25) is 0 Å². The van der Waals surface area contributed by atoms with Crippen LogP contribution in [0, 0.1) is 0 Å². The molecule has 0 aromatic heterocycles. The minimum Gasteiger partial charge on any atom is -0.497 e. The van der Waals surface area contributed by atoms with Gasteiger partial charge in [0.25, 0.3) is 0 Å². The first kappa shape index (κ1) is 13.6. The monoisotopic (exact) mass is 267 g/mol. The Hall–Kier alpha value is -0.870. The van der Waals surface area contributed by atoms with Gasteiger partial charge in [-0.1, -0.05) is 0 Å². The van der Waals surface area contributed by atoms with Crippen LogP contribution >= 0.6 is 11.8 Å². The van der Waals surface area contributed by atoms with E-state index < -0.39 is 0 Å². The minimum absolute atomic E-state index is 0.0585. The Morgan fingerprint density at radius 3 is 3.06 bits per heavy atom. The first-order valence-electron chi connectivity index (χ1n) is 6.33. The molecule has 1 aromatic carbocycles. The molecule has 0 fully saturated rings. The minimum atomic E-state index is 0.0585. The first-order valence-corrected chi connectivity index (χ1v) is 7.73. The van der Waals surface area contributed by atoms with Gasteiger partial charge in [-0.05, 0) is 43.0 Å². The van der Waals surface area contributed by atoms with Crippen molar-refractivity contribution in [3.8, 4) is 11.5 Å². The predicted octanol–water partition coefficient (Wildman–Crippen LogP) is 2.99. The summed E-state index contributed by atoms with van der Waals surface area (Å²) in [4.78, 5) is 0. The van der Waals surface area contributed by atoms with Crippen molar-refractivity contribution in [2.24, 2.45) is 5.73 Å². The number of methoxy groups -OCH3 is 1. The van der Waals surface area contributed by atoms with Crippen LogP contribution in [0.2, 0.25) is 0 Å². The Morgan fingerprint density at radius 2 is 2.33 bits per heavy atom. The maximum Gasteiger partial charge on any atom is 0.124 e. The molecule has 0 amide bonds. The van der Waals surface area contributed by atoms with E-state index in [-0.39, 0.29) is 12.1 Å². The maximum atomic E-state index is 6.22. The molecule has 4 heteroatoms. The fraction of sp³-hybridized carbons (Fsp3) is 0.571. The van der Waals surface area contributed by atoms with E-state index in [4.69, 9.17) is 15.2 Å². The summed E-state index contributed by atoms with van der Waals surface area (Å²) in [6, 6.07) is 5.94. The quantitative estimate of drug-likeness (QED) is 0.833. The second-order valence-corrected chi connectivity index (χ2v) is 5.61. The number of ether oxygens (including phenoxy) is 2. The van der Waals surface area contributed by atoms with Crippen molar-refractivity contribution in [3.05, 3.63) is 23.8 Å². The summed E-state index contributed by atoms with van der Waals surface area (Å²) in [6.07, 6.45) is 5.56. The van der Waals surface area contributed by atoms with Gasteiger partial charge in [0.15, 0.2) is 0 Å². The van der Waals surface area contributed by atoms with Crippen LogP contribution in [0.4, 0.5) is 0 Å². The van der Waals surface area contributed by atoms with Crippen LogP contribution in [-0.4, -0.2) is 25.2 Å². The third kappa shape index (κ3) is 3.12. The third-order valence-corrected chi connectivity index (χ3v) is 4.00. The third-order valence-electron chi connectivity index (χ3n) is 3.30. The second kappa shape index (κ2) is 6.34. The lowest BCUT2D eigenvalue weighted by molar-refractivity contribution is 0.149. The molecule has 1 unspecified atom stereocenters. The fourth-order valence-electron chi connectivity index (χ4n) is 2.32. The Labute approximate surface area is 113 Å². The summed E-state index contributed by atoms with van der Waals surface area (Å²) in [6.45, 7) is 0. The van der Waals surface area contributed by atoms with Gasteiger partial charge in [-0.2, -0.15) is 11.8 Å². The molecule has 18 heavy (non-hydrogen) atoms. The summed E-state index contributed by atoms with van der Waals surface area (Å²) in [5, 5.41) is 0. The highest BCUT2D eigenvalue weighted by Gasteiger charge is 2.25. The summed E-state index contributed by atoms with van der Waals surface area (Å²) >= 11 is 1.88. The van der Waals surface area contributed by atoms with E-state index in [1.54, 1.807) is 7.11 Å². The highest BCUT2D eigenvalue weighted by molar-refractivity contribution is 7.98. The van der Waals surface area contributed by atoms with Crippen LogP contribution in [0.25, 0.3) is 0 Å².